The fourth-order valence-electron chi connectivity index (χ4n) is 5.84. The molecule has 2 rings (SSSR count). The third-order valence-electron chi connectivity index (χ3n) is 9.51. The first-order valence-electron chi connectivity index (χ1n) is 19.7. The van der Waals surface area contributed by atoms with Gasteiger partial charge in [0.1, 0.15) is 53.8 Å². The van der Waals surface area contributed by atoms with Gasteiger partial charge in [-0.05, 0) is 77.0 Å². The van der Waals surface area contributed by atoms with Crippen molar-refractivity contribution in [3.63, 3.8) is 0 Å². The molecule has 1 fully saturated rings. The summed E-state index contributed by atoms with van der Waals surface area (Å²) in [5.74, 6) is -8.98. The van der Waals surface area contributed by atoms with Crippen LogP contribution in [0, 0.1) is 11.8 Å². The van der Waals surface area contributed by atoms with Gasteiger partial charge in [0, 0.05) is 18.4 Å². The van der Waals surface area contributed by atoms with Gasteiger partial charge in [0.25, 0.3) is 5.91 Å². The number of rotatable bonds is 14. The lowest BCUT2D eigenvalue weighted by Crippen LogP contribution is -2.62. The number of hydrogen-bond donors (Lipinski definition) is 9. The van der Waals surface area contributed by atoms with Crippen LogP contribution in [0.3, 0.4) is 0 Å². The molecule has 9 N–H and O–H groups in total. The fourth-order valence-corrected chi connectivity index (χ4v) is 5.84. The van der Waals surface area contributed by atoms with Crippen molar-refractivity contribution in [2.45, 2.75) is 130 Å². The molecule has 0 aliphatic carbocycles. The van der Waals surface area contributed by atoms with Crippen molar-refractivity contribution in [3.05, 3.63) is 53.3 Å². The van der Waals surface area contributed by atoms with Crippen molar-refractivity contribution >= 4 is 53.3 Å². The predicted octanol–water partition coefficient (Wildman–Crippen LogP) is 0.362. The Morgan fingerprint density at radius 2 is 1.48 bits per heavy atom. The van der Waals surface area contributed by atoms with Gasteiger partial charge in [-0.2, -0.15) is 0 Å². The number of amides is 7. The minimum Gasteiger partial charge on any atom is -0.508 e. The van der Waals surface area contributed by atoms with Crippen molar-refractivity contribution in [1.29, 1.82) is 0 Å². The van der Waals surface area contributed by atoms with E-state index in [9.17, 15) is 53.4 Å². The highest BCUT2D eigenvalue weighted by Gasteiger charge is 2.38. The number of carboxylic acids is 1. The molecule has 19 heteroatoms. The fraction of sp³-hybridized carbons (Fsp3) is 0.537. The number of esters is 1. The first-order valence-corrected chi connectivity index (χ1v) is 19.7. The van der Waals surface area contributed by atoms with Gasteiger partial charge < -0.3 is 52.2 Å². The molecule has 1 saturated heterocycles. The van der Waals surface area contributed by atoms with E-state index < -0.39 is 108 Å². The van der Waals surface area contributed by atoms with Crippen molar-refractivity contribution in [2.24, 2.45) is 11.8 Å². The van der Waals surface area contributed by atoms with Crippen LogP contribution in [0.4, 0.5) is 0 Å². The highest BCUT2D eigenvalue weighted by atomic mass is 16.5. The van der Waals surface area contributed by atoms with Gasteiger partial charge in [0.2, 0.25) is 35.4 Å². The molecule has 7 amide bonds. The van der Waals surface area contributed by atoms with Crippen LogP contribution in [0.1, 0.15) is 87.1 Å². The quantitative estimate of drug-likeness (QED) is 0.0907. The molecule has 7 atom stereocenters. The van der Waals surface area contributed by atoms with Crippen LogP contribution in [-0.2, 0) is 54.3 Å². The zero-order chi connectivity index (χ0) is 45.4. The van der Waals surface area contributed by atoms with E-state index in [0.717, 1.165) is 0 Å². The third kappa shape index (κ3) is 15.5. The monoisotopic (exact) mass is 841 g/mol. The minimum atomic E-state index is -1.73. The summed E-state index contributed by atoms with van der Waals surface area (Å²) in [6.45, 7) is 14.1. The van der Waals surface area contributed by atoms with E-state index >= 15 is 0 Å². The van der Waals surface area contributed by atoms with Gasteiger partial charge >= 0.3 is 11.9 Å². The number of carbonyl (C=O) groups excluding carboxylic acids is 8. The topological polar surface area (TPSA) is 288 Å². The number of phenols is 1. The van der Waals surface area contributed by atoms with E-state index in [1.54, 1.807) is 47.6 Å². The molecule has 0 radical (unpaired) electrons. The molecule has 1 aliphatic rings. The Hall–Kier alpha value is -6.27. The third-order valence-corrected chi connectivity index (χ3v) is 9.51. The number of ether oxygens (including phenoxy) is 1. The summed E-state index contributed by atoms with van der Waals surface area (Å²) in [4.78, 5) is 120. The summed E-state index contributed by atoms with van der Waals surface area (Å²) in [6, 6.07) is -2.70. The Morgan fingerprint density at radius 3 is 2.03 bits per heavy atom. The van der Waals surface area contributed by atoms with E-state index in [-0.39, 0.29) is 36.6 Å². The van der Waals surface area contributed by atoms with Crippen LogP contribution in [0.25, 0.3) is 0 Å². The number of cyclic esters (lactones) is 1. The van der Waals surface area contributed by atoms with Crippen LogP contribution >= 0.6 is 0 Å². The highest BCUT2D eigenvalue weighted by Crippen LogP contribution is 2.15. The van der Waals surface area contributed by atoms with Gasteiger partial charge in [-0.25, -0.2) is 4.79 Å². The second-order valence-electron chi connectivity index (χ2n) is 15.3. The smallest absolute Gasteiger partial charge is 0.328 e. The summed E-state index contributed by atoms with van der Waals surface area (Å²) in [6.07, 6.45) is 0.231. The first kappa shape index (κ1) is 49.9. The maximum absolute atomic E-state index is 14.3. The number of benzene rings is 1. The number of hydrogen-bond acceptors (Lipinski definition) is 11. The summed E-state index contributed by atoms with van der Waals surface area (Å²) < 4.78 is 5.70. The second kappa shape index (κ2) is 23.4. The van der Waals surface area contributed by atoms with Gasteiger partial charge in [0.15, 0.2) is 0 Å². The standard InChI is InChI=1S/C41H59N7O12/c1-10-22(7)34(52)47-32(21(5)6)39(57)45-29(19-25-12-14-26(49)15-13-25)38(56)48-33-24(9)60-41(59)30(18-20(3)4)46-37(55)28(16-17-31(50)51)44-36(54)27(11-2)43-35(53)23(8)42-40(33)58/h10-15,20-21,23-24,28-30,32-33,49H,16-19H2,1-9H3,(H,42,58)(H,43,53)(H,44,54)(H,45,57)(H,46,55)(H,47,52)(H,48,56)(H,50,51)/t23-,24+,28+,29+,30-,32-,33-/m0/s1. The average Bonchev–Trinajstić information content (AvgIpc) is 3.17. The van der Waals surface area contributed by atoms with Crippen molar-refractivity contribution < 1.29 is 58.1 Å². The molecule has 0 bridgehead atoms. The van der Waals surface area contributed by atoms with Crippen LogP contribution in [-0.4, -0.2) is 106 Å². The molecule has 19 nitrogen and oxygen atoms in total. The van der Waals surface area contributed by atoms with Crippen LogP contribution in [0.5, 0.6) is 5.75 Å². The summed E-state index contributed by atoms with van der Waals surface area (Å²) >= 11 is 0. The lowest BCUT2D eigenvalue weighted by atomic mass is 10.00. The van der Waals surface area contributed by atoms with E-state index in [1.165, 1.54) is 51.1 Å². The van der Waals surface area contributed by atoms with Crippen molar-refractivity contribution in [2.75, 3.05) is 0 Å². The van der Waals surface area contributed by atoms with Crippen molar-refractivity contribution in [1.82, 2.24) is 37.2 Å². The number of phenolic OH excluding ortho intramolecular Hbond substituents is 1. The lowest BCUT2D eigenvalue weighted by Gasteiger charge is -2.30. The average molecular weight is 842 g/mol. The molecule has 0 aromatic heterocycles. The minimum absolute atomic E-state index is 0.00911. The van der Waals surface area contributed by atoms with Crippen LogP contribution in [0.15, 0.2) is 47.7 Å². The number of aliphatic carboxylic acids is 1. The van der Waals surface area contributed by atoms with Crippen molar-refractivity contribution in [3.8, 4) is 5.75 Å². The Labute approximate surface area is 349 Å². The van der Waals surface area contributed by atoms with Crippen LogP contribution < -0.4 is 37.2 Å². The lowest BCUT2D eigenvalue weighted by molar-refractivity contribution is -0.156. The van der Waals surface area contributed by atoms with Gasteiger partial charge in [-0.1, -0.05) is 52.0 Å². The normalized spacial score (nSPS) is 22.7. The number of allylic oxidation sites excluding steroid dienone is 2. The van der Waals surface area contributed by atoms with E-state index in [4.69, 9.17) is 4.74 Å². The zero-order valence-electron chi connectivity index (χ0n) is 35.5. The van der Waals surface area contributed by atoms with Crippen LogP contribution in [0.2, 0.25) is 0 Å². The Balaban J connectivity index is 2.63. The van der Waals surface area contributed by atoms with Gasteiger partial charge in [0.05, 0.1) is 0 Å². The molecule has 60 heavy (non-hydrogen) atoms. The maximum Gasteiger partial charge on any atom is 0.328 e. The number of nitrogens with one attached hydrogen (secondary N) is 7. The zero-order valence-corrected chi connectivity index (χ0v) is 35.5. The molecule has 0 spiro atoms. The van der Waals surface area contributed by atoms with Gasteiger partial charge in [-0.3, -0.25) is 38.4 Å². The van der Waals surface area contributed by atoms with E-state index in [2.05, 4.69) is 37.2 Å². The van der Waals surface area contributed by atoms with E-state index in [1.807, 2.05) is 0 Å². The largest absolute Gasteiger partial charge is 0.508 e. The summed E-state index contributed by atoms with van der Waals surface area (Å²) in [7, 11) is 0. The number of aromatic hydroxyl groups is 1. The Kier molecular flexibility index (Phi) is 19.4. The molecule has 0 unspecified atom stereocenters. The molecule has 1 aromatic rings. The number of carboxylic acid groups (broad SMARTS) is 1. The molecule has 0 saturated carbocycles. The highest BCUT2D eigenvalue weighted by molar-refractivity contribution is 6.02. The molecule has 1 aromatic carbocycles. The van der Waals surface area contributed by atoms with Gasteiger partial charge in [-0.15, -0.1) is 0 Å². The predicted molar refractivity (Wildman–Crippen MR) is 217 cm³/mol. The molecule has 330 valence electrons. The molecular formula is C41H59N7O12. The first-order chi connectivity index (χ1) is 28.1. The number of carbonyl (C=O) groups is 9. The molecule has 1 heterocycles. The van der Waals surface area contributed by atoms with E-state index in [0.29, 0.717) is 11.1 Å². The molecule has 1 aliphatic heterocycles. The Bertz CT molecular complexity index is 1830. The molecular weight excluding hydrogens is 782 g/mol. The SMILES string of the molecule is CC=C(C)C(=O)N[C@H](C(=O)N[C@H](Cc1ccc(O)cc1)C(=O)N[C@@H]1C(=O)N[C@@H](C)C(=O)NC(=CC)C(=O)N[C@H](CCC(=O)O)C(=O)N[C@@H](CC(C)C)C(=O)O[C@@H]1C)C(C)C. The second-order valence-corrected chi connectivity index (χ2v) is 15.3. The maximum atomic E-state index is 14.3. The Morgan fingerprint density at radius 1 is 0.850 bits per heavy atom. The summed E-state index contributed by atoms with van der Waals surface area (Å²) in [5.41, 5.74) is 0.498. The summed E-state index contributed by atoms with van der Waals surface area (Å²) in [5, 5.41) is 36.8.